The number of phenols is 3. The van der Waals surface area contributed by atoms with Gasteiger partial charge < -0.3 is 25.5 Å². The van der Waals surface area contributed by atoms with Crippen molar-refractivity contribution >= 4 is 39.7 Å². The van der Waals surface area contributed by atoms with Gasteiger partial charge in [0.1, 0.15) is 11.6 Å². The molecule has 4 aromatic carbocycles. The molecule has 10 nitrogen and oxygen atoms in total. The number of rotatable bonds is 4. The first-order valence-corrected chi connectivity index (χ1v) is 16.9. The Labute approximate surface area is 282 Å². The quantitative estimate of drug-likeness (QED) is 0.137. The van der Waals surface area contributed by atoms with E-state index in [-0.39, 0.29) is 29.7 Å². The van der Waals surface area contributed by atoms with E-state index in [1.165, 1.54) is 16.7 Å². The summed E-state index contributed by atoms with van der Waals surface area (Å²) in [4.78, 5) is 9.00. The zero-order valence-electron chi connectivity index (χ0n) is 26.6. The van der Waals surface area contributed by atoms with E-state index in [1.807, 2.05) is 18.2 Å². The maximum absolute atomic E-state index is 10.3. The molecule has 0 fully saturated rings. The van der Waals surface area contributed by atoms with Gasteiger partial charge >= 0.3 is 0 Å². The third-order valence-electron chi connectivity index (χ3n) is 8.26. The highest BCUT2D eigenvalue weighted by Crippen LogP contribution is 2.49. The van der Waals surface area contributed by atoms with Crippen LogP contribution < -0.4 is 10.2 Å². The molecule has 1 aliphatic carbocycles. The van der Waals surface area contributed by atoms with Gasteiger partial charge in [-0.1, -0.05) is 48.0 Å². The molecule has 0 radical (unpaired) electrons. The molecule has 12 heteroatoms. The fourth-order valence-corrected chi connectivity index (χ4v) is 6.09. The van der Waals surface area contributed by atoms with Crippen molar-refractivity contribution in [2.24, 2.45) is 4.99 Å². The summed E-state index contributed by atoms with van der Waals surface area (Å²) in [6, 6.07) is 25.9. The number of aliphatic imine (C=N–C) groups is 1. The van der Waals surface area contributed by atoms with Crippen LogP contribution in [0.3, 0.4) is 0 Å². The Kier molecular flexibility index (Phi) is 11.4. The van der Waals surface area contributed by atoms with Crippen molar-refractivity contribution in [2.75, 3.05) is 44.4 Å². The van der Waals surface area contributed by atoms with Crippen LogP contribution in [0.15, 0.2) is 83.9 Å². The number of fused-ring (bicyclic) bond motifs is 2. The highest BCUT2D eigenvalue weighted by atomic mass is 35.5. The highest BCUT2D eigenvalue weighted by molar-refractivity contribution is 7.85. The molecule has 3 aliphatic rings. The average molecular weight is 681 g/mol. The molecule has 47 heavy (non-hydrogen) atoms. The van der Waals surface area contributed by atoms with E-state index >= 15 is 0 Å². The molecule has 0 saturated carbocycles. The smallest absolute Gasteiger partial charge is 0.261 e. The minimum Gasteiger partial charge on any atom is -0.508 e. The fraction of sp³-hybridized carbons (Fsp3) is 0.286. The Bertz CT molecular complexity index is 1840. The lowest BCUT2D eigenvalue weighted by Gasteiger charge is -2.39. The topological polar surface area (TPSA) is 146 Å². The van der Waals surface area contributed by atoms with Crippen LogP contribution in [-0.4, -0.2) is 78.5 Å². The van der Waals surface area contributed by atoms with E-state index < -0.39 is 10.1 Å². The standard InChI is InChI=1S/C17H19N3O.C17H17NO2.CH4O3S.ClH/c1-13-5-7-14(8-6-13)20(12-17-18-9-10-19-17)15-3-2-4-16(21)11-15;1-18-8-7-10-3-2-4-12-15(10)13(18)9-11-5-6-14(19)17(20)16(11)12;1-5(2,3)4;/h2-8,11,21H,9-10,12H2,1H3,(H,18,19);2-6,13,19-20H,7-9H2,1H3;1H3,(H,2,3,4);1H/t;13-;;/m.1../s1. The second-order valence-corrected chi connectivity index (χ2v) is 13.2. The van der Waals surface area contributed by atoms with Crippen molar-refractivity contribution in [1.29, 1.82) is 0 Å². The van der Waals surface area contributed by atoms with Crippen LogP contribution in [0, 0.1) is 6.92 Å². The molecular weight excluding hydrogens is 640 g/mol. The van der Waals surface area contributed by atoms with E-state index in [0.717, 1.165) is 66.4 Å². The van der Waals surface area contributed by atoms with Gasteiger partial charge in [-0.25, -0.2) is 0 Å². The molecule has 0 bridgehead atoms. The number of nitrogens with one attached hydrogen (secondary N) is 1. The average Bonchev–Trinajstić information content (AvgIpc) is 3.53. The second-order valence-electron chi connectivity index (χ2n) is 11.7. The van der Waals surface area contributed by atoms with Gasteiger partial charge in [-0.15, -0.1) is 12.4 Å². The number of benzene rings is 4. The number of amidine groups is 1. The van der Waals surface area contributed by atoms with Crippen LogP contribution >= 0.6 is 12.4 Å². The molecule has 0 spiro atoms. The molecule has 0 amide bonds. The maximum atomic E-state index is 10.3. The first kappa shape index (κ1) is 35.6. The third-order valence-corrected chi connectivity index (χ3v) is 8.26. The fourth-order valence-electron chi connectivity index (χ4n) is 6.09. The molecule has 0 saturated heterocycles. The summed E-state index contributed by atoms with van der Waals surface area (Å²) in [6.07, 6.45) is 2.65. The molecule has 1 atom stereocenters. The molecule has 0 unspecified atom stereocenters. The predicted octanol–water partition coefficient (Wildman–Crippen LogP) is 5.62. The number of anilines is 2. The molecule has 2 heterocycles. The highest BCUT2D eigenvalue weighted by Gasteiger charge is 2.34. The predicted molar refractivity (Wildman–Crippen MR) is 189 cm³/mol. The Morgan fingerprint density at radius 1 is 0.957 bits per heavy atom. The van der Waals surface area contributed by atoms with Crippen LogP contribution in [0.1, 0.15) is 28.3 Å². The van der Waals surface area contributed by atoms with Crippen LogP contribution in [0.25, 0.3) is 11.1 Å². The van der Waals surface area contributed by atoms with Crippen molar-refractivity contribution in [3.63, 3.8) is 0 Å². The second kappa shape index (κ2) is 15.1. The summed E-state index contributed by atoms with van der Waals surface area (Å²) in [6.45, 7) is 5.55. The van der Waals surface area contributed by atoms with Gasteiger partial charge in [0.15, 0.2) is 11.5 Å². The van der Waals surface area contributed by atoms with Gasteiger partial charge in [0.2, 0.25) is 0 Å². The van der Waals surface area contributed by atoms with Gasteiger partial charge in [0, 0.05) is 42.1 Å². The Morgan fingerprint density at radius 2 is 1.66 bits per heavy atom. The SMILES string of the molecule is CN1CCc2cccc3c2[C@H]1Cc1ccc(O)c(O)c1-3.CS(=O)(=O)O.Cc1ccc(N(CC2=NCCN2)c2cccc(O)c2)cc1.Cl. The first-order valence-electron chi connectivity index (χ1n) is 15.1. The lowest BCUT2D eigenvalue weighted by atomic mass is 9.77. The van der Waals surface area contributed by atoms with Crippen molar-refractivity contribution in [2.45, 2.75) is 25.8 Å². The number of phenolic OH excluding ortho intramolecular Hbond substituents is 3. The number of aromatic hydroxyl groups is 3. The van der Waals surface area contributed by atoms with E-state index in [2.05, 4.69) is 76.5 Å². The number of nitrogens with zero attached hydrogens (tertiary/aromatic N) is 3. The Balaban J connectivity index is 0.000000183. The van der Waals surface area contributed by atoms with Gasteiger partial charge in [0.05, 0.1) is 19.3 Å². The molecule has 0 aromatic heterocycles. The van der Waals surface area contributed by atoms with E-state index in [0.29, 0.717) is 18.8 Å². The molecule has 5 N–H and O–H groups in total. The zero-order valence-corrected chi connectivity index (χ0v) is 28.2. The van der Waals surface area contributed by atoms with Crippen molar-refractivity contribution < 1.29 is 28.3 Å². The van der Waals surface area contributed by atoms with Crippen LogP contribution in [0.2, 0.25) is 0 Å². The summed E-state index contributed by atoms with van der Waals surface area (Å²) in [5.41, 5.74) is 8.98. The third kappa shape index (κ3) is 8.75. The molecule has 4 aromatic rings. The van der Waals surface area contributed by atoms with Gasteiger partial charge in [-0.3, -0.25) is 14.4 Å². The van der Waals surface area contributed by atoms with Gasteiger partial charge in [-0.2, -0.15) is 8.42 Å². The molecule has 7 rings (SSSR count). The van der Waals surface area contributed by atoms with Gasteiger partial charge in [-0.05, 0) is 79.4 Å². The Hall–Kier alpha value is -4.29. The van der Waals surface area contributed by atoms with Crippen molar-refractivity contribution in [1.82, 2.24) is 10.2 Å². The number of aryl methyl sites for hydroxylation is 1. The summed E-state index contributed by atoms with van der Waals surface area (Å²) in [5, 5.41) is 33.1. The van der Waals surface area contributed by atoms with Gasteiger partial charge in [0.25, 0.3) is 10.1 Å². The lowest BCUT2D eigenvalue weighted by Crippen LogP contribution is -2.35. The number of hydrogen-bond acceptors (Lipinski definition) is 9. The maximum Gasteiger partial charge on any atom is 0.261 e. The monoisotopic (exact) mass is 680 g/mol. The summed E-state index contributed by atoms with van der Waals surface area (Å²) >= 11 is 0. The van der Waals surface area contributed by atoms with Crippen LogP contribution in [0.4, 0.5) is 11.4 Å². The minimum absolute atomic E-state index is 0. The molecule has 2 aliphatic heterocycles. The number of likely N-dealkylation sites (N-methyl/N-ethyl adjacent to an activating group) is 1. The van der Waals surface area contributed by atoms with E-state index in [9.17, 15) is 23.7 Å². The number of hydrogen-bond donors (Lipinski definition) is 5. The van der Waals surface area contributed by atoms with Crippen molar-refractivity contribution in [3.05, 3.63) is 101 Å². The Morgan fingerprint density at radius 3 is 2.32 bits per heavy atom. The summed E-state index contributed by atoms with van der Waals surface area (Å²) < 4.78 is 25.9. The van der Waals surface area contributed by atoms with E-state index in [1.54, 1.807) is 18.2 Å². The van der Waals surface area contributed by atoms with E-state index in [4.69, 9.17) is 4.55 Å². The lowest BCUT2D eigenvalue weighted by molar-refractivity contribution is 0.228. The number of halogens is 1. The molecule has 250 valence electrons. The largest absolute Gasteiger partial charge is 0.508 e. The molecular formula is C35H41ClN4O6S. The summed E-state index contributed by atoms with van der Waals surface area (Å²) in [7, 11) is -1.50. The van der Waals surface area contributed by atoms with Crippen LogP contribution in [-0.2, 0) is 23.0 Å². The first-order chi connectivity index (χ1) is 21.9. The normalized spacial score (nSPS) is 16.0. The minimum atomic E-state index is -3.67. The zero-order chi connectivity index (χ0) is 33.0. The van der Waals surface area contributed by atoms with Crippen LogP contribution in [0.5, 0.6) is 17.2 Å². The van der Waals surface area contributed by atoms with Crippen molar-refractivity contribution in [3.8, 4) is 28.4 Å². The summed E-state index contributed by atoms with van der Waals surface area (Å²) in [5.74, 6) is 1.23.